The van der Waals surface area contributed by atoms with Gasteiger partial charge in [0, 0.05) is 16.5 Å². The van der Waals surface area contributed by atoms with Crippen LogP contribution in [-0.4, -0.2) is 11.6 Å². The van der Waals surface area contributed by atoms with Gasteiger partial charge in [-0.05, 0) is 81.1 Å². The molecule has 0 N–H and O–H groups in total. The molecule has 4 aromatic rings. The van der Waals surface area contributed by atoms with Gasteiger partial charge < -0.3 is 4.90 Å². The quantitative estimate of drug-likeness (QED) is 0.165. The van der Waals surface area contributed by atoms with Crippen molar-refractivity contribution < 1.29 is 9.59 Å². The zero-order chi connectivity index (χ0) is 31.9. The Morgan fingerprint density at radius 3 is 1.55 bits per heavy atom. The van der Waals surface area contributed by atoms with Crippen LogP contribution in [0.5, 0.6) is 0 Å². The molecule has 1 heterocycles. The fourth-order valence-electron chi connectivity index (χ4n) is 6.69. The van der Waals surface area contributed by atoms with E-state index in [9.17, 15) is 9.59 Å². The summed E-state index contributed by atoms with van der Waals surface area (Å²) in [6.07, 6.45) is 1.77. The van der Waals surface area contributed by atoms with Gasteiger partial charge in [-0.15, -0.1) is 0 Å². The van der Waals surface area contributed by atoms with Crippen LogP contribution in [0.4, 0.5) is 17.1 Å². The summed E-state index contributed by atoms with van der Waals surface area (Å²) in [7, 11) is 0. The number of rotatable bonds is 2. The third-order valence-electron chi connectivity index (χ3n) is 9.00. The molecular formula is C39H37Cl2NO2. The third kappa shape index (κ3) is 4.73. The number of carbonyl (C=O) groups is 2. The number of hydrogen-bond acceptors (Lipinski definition) is 3. The molecule has 4 aromatic carbocycles. The predicted octanol–water partition coefficient (Wildman–Crippen LogP) is 11.2. The molecule has 0 saturated carbocycles. The van der Waals surface area contributed by atoms with Crippen LogP contribution >= 0.6 is 23.2 Å². The normalized spacial score (nSPS) is 15.7. The lowest BCUT2D eigenvalue weighted by molar-refractivity contribution is 0.0990. The largest absolute Gasteiger partial charge is 0.310 e. The SMILES string of the molecule is CC(C)(C)c1cc(N2c3ccccc3C(C)(C)c3ccccc32)c(C(C)(C)C)cc1C=C1C(=O)c2cc(Cl)c(Cl)cc2C1=O. The zero-order valence-corrected chi connectivity index (χ0v) is 28.0. The molecule has 0 aromatic heterocycles. The van der Waals surface area contributed by atoms with Crippen molar-refractivity contribution in [1.82, 2.24) is 0 Å². The second kappa shape index (κ2) is 10.2. The molecule has 224 valence electrons. The Hall–Kier alpha value is -3.66. The van der Waals surface area contributed by atoms with Crippen molar-refractivity contribution in [2.45, 2.75) is 71.6 Å². The van der Waals surface area contributed by atoms with Gasteiger partial charge in [-0.2, -0.15) is 0 Å². The van der Waals surface area contributed by atoms with E-state index in [1.165, 1.54) is 23.3 Å². The van der Waals surface area contributed by atoms with Crippen molar-refractivity contribution in [3.63, 3.8) is 0 Å². The lowest BCUT2D eigenvalue weighted by Gasteiger charge is -2.44. The molecular weight excluding hydrogens is 585 g/mol. The molecule has 44 heavy (non-hydrogen) atoms. The minimum atomic E-state index is -0.328. The van der Waals surface area contributed by atoms with Gasteiger partial charge in [0.2, 0.25) is 0 Å². The minimum absolute atomic E-state index is 0.131. The van der Waals surface area contributed by atoms with Crippen LogP contribution in [0.3, 0.4) is 0 Å². The van der Waals surface area contributed by atoms with Crippen LogP contribution in [0.1, 0.15) is 104 Å². The van der Waals surface area contributed by atoms with Crippen LogP contribution in [-0.2, 0) is 16.2 Å². The molecule has 0 amide bonds. The number of anilines is 3. The van der Waals surface area contributed by atoms with Gasteiger partial charge in [-0.1, -0.05) is 115 Å². The molecule has 0 unspecified atom stereocenters. The number of hydrogen-bond donors (Lipinski definition) is 0. The number of nitrogens with zero attached hydrogens (tertiary/aromatic N) is 1. The highest BCUT2D eigenvalue weighted by Gasteiger charge is 2.39. The van der Waals surface area contributed by atoms with Gasteiger partial charge in [-0.3, -0.25) is 9.59 Å². The molecule has 0 fully saturated rings. The zero-order valence-electron chi connectivity index (χ0n) is 26.5. The minimum Gasteiger partial charge on any atom is -0.310 e. The molecule has 6 rings (SSSR count). The first-order valence-corrected chi connectivity index (χ1v) is 15.8. The second-order valence-electron chi connectivity index (χ2n) is 14.5. The molecule has 0 saturated heterocycles. The predicted molar refractivity (Wildman–Crippen MR) is 184 cm³/mol. The average molecular weight is 623 g/mol. The van der Waals surface area contributed by atoms with Gasteiger partial charge in [0.05, 0.1) is 32.7 Å². The Morgan fingerprint density at radius 1 is 0.636 bits per heavy atom. The Balaban J connectivity index is 1.64. The van der Waals surface area contributed by atoms with Gasteiger partial charge in [0.15, 0.2) is 11.6 Å². The van der Waals surface area contributed by atoms with Gasteiger partial charge >= 0.3 is 0 Å². The Morgan fingerprint density at radius 2 is 1.09 bits per heavy atom. The topological polar surface area (TPSA) is 37.4 Å². The molecule has 0 radical (unpaired) electrons. The summed E-state index contributed by atoms with van der Waals surface area (Å²) in [5.41, 5.74) is 8.92. The highest BCUT2D eigenvalue weighted by molar-refractivity contribution is 6.46. The molecule has 1 aliphatic heterocycles. The lowest BCUT2D eigenvalue weighted by atomic mass is 9.72. The van der Waals surface area contributed by atoms with Crippen molar-refractivity contribution in [2.75, 3.05) is 4.90 Å². The summed E-state index contributed by atoms with van der Waals surface area (Å²) in [4.78, 5) is 29.5. The molecule has 2 aliphatic rings. The van der Waals surface area contributed by atoms with Crippen LogP contribution in [0, 0.1) is 0 Å². The molecule has 1 aliphatic carbocycles. The van der Waals surface area contributed by atoms with Crippen molar-refractivity contribution in [3.8, 4) is 0 Å². The summed E-state index contributed by atoms with van der Waals surface area (Å²) in [5, 5.41) is 0.515. The third-order valence-corrected chi connectivity index (χ3v) is 9.72. The summed E-state index contributed by atoms with van der Waals surface area (Å²) in [6.45, 7) is 17.7. The number of allylic oxidation sites excluding steroid dienone is 1. The van der Waals surface area contributed by atoms with E-state index in [1.54, 1.807) is 6.08 Å². The van der Waals surface area contributed by atoms with Crippen molar-refractivity contribution >= 4 is 57.9 Å². The number of para-hydroxylation sites is 2. The first-order valence-electron chi connectivity index (χ1n) is 15.0. The van der Waals surface area contributed by atoms with Crippen LogP contribution in [0.15, 0.2) is 78.4 Å². The summed E-state index contributed by atoms with van der Waals surface area (Å²) in [6, 6.07) is 24.7. The van der Waals surface area contributed by atoms with E-state index in [2.05, 4.69) is 121 Å². The van der Waals surface area contributed by atoms with E-state index < -0.39 is 0 Å². The standard InChI is InChI=1S/C39H37Cl2NO2/c1-37(2,3)28-21-34(42-32-15-11-9-13-26(32)39(7,8)27-14-10-12-16-33(27)42)29(38(4,5)6)18-22(28)17-25-35(43)23-19-30(40)31(41)20-24(23)36(25)44/h9-21H,1-8H3. The van der Waals surface area contributed by atoms with Crippen molar-refractivity contribution in [1.29, 1.82) is 0 Å². The number of Topliss-reactive ketones (excluding diaryl/α,β-unsaturated/α-hetero) is 2. The van der Waals surface area contributed by atoms with Crippen LogP contribution in [0.2, 0.25) is 10.0 Å². The highest BCUT2D eigenvalue weighted by Crippen LogP contribution is 2.54. The molecule has 0 atom stereocenters. The van der Waals surface area contributed by atoms with Gasteiger partial charge in [-0.25, -0.2) is 0 Å². The molecule has 3 nitrogen and oxygen atoms in total. The Kier molecular flexibility index (Phi) is 7.03. The van der Waals surface area contributed by atoms with E-state index in [4.69, 9.17) is 23.2 Å². The van der Waals surface area contributed by atoms with E-state index in [-0.39, 0.29) is 43.4 Å². The highest BCUT2D eigenvalue weighted by atomic mass is 35.5. The van der Waals surface area contributed by atoms with Crippen LogP contribution < -0.4 is 4.90 Å². The van der Waals surface area contributed by atoms with Crippen molar-refractivity contribution in [2.24, 2.45) is 0 Å². The van der Waals surface area contributed by atoms with Gasteiger partial charge in [0.25, 0.3) is 0 Å². The number of benzene rings is 4. The fraction of sp³-hybridized carbons (Fsp3) is 0.282. The molecule has 0 spiro atoms. The lowest BCUT2D eigenvalue weighted by Crippen LogP contribution is -2.32. The maximum Gasteiger partial charge on any atom is 0.197 e. The summed E-state index contributed by atoms with van der Waals surface area (Å²) >= 11 is 12.5. The fourth-order valence-corrected chi connectivity index (χ4v) is 7.02. The first-order chi connectivity index (χ1) is 20.5. The molecule has 5 heteroatoms. The van der Waals surface area contributed by atoms with Gasteiger partial charge in [0.1, 0.15) is 0 Å². The summed E-state index contributed by atoms with van der Waals surface area (Å²) in [5.74, 6) is -0.656. The molecule has 0 bridgehead atoms. The van der Waals surface area contributed by atoms with Crippen molar-refractivity contribution in [3.05, 3.63) is 127 Å². The van der Waals surface area contributed by atoms with Crippen LogP contribution in [0.25, 0.3) is 6.08 Å². The smallest absolute Gasteiger partial charge is 0.197 e. The Labute approximate surface area is 270 Å². The number of carbonyl (C=O) groups excluding carboxylic acids is 2. The maximum absolute atomic E-state index is 13.6. The Bertz CT molecular complexity index is 1830. The van der Waals surface area contributed by atoms with E-state index >= 15 is 0 Å². The maximum atomic E-state index is 13.6. The first kappa shape index (κ1) is 30.4. The van der Waals surface area contributed by atoms with E-state index in [1.807, 2.05) is 0 Å². The summed E-state index contributed by atoms with van der Waals surface area (Å²) < 4.78 is 0. The monoisotopic (exact) mass is 621 g/mol. The number of halogens is 2. The number of fused-ring (bicyclic) bond motifs is 3. The van der Waals surface area contributed by atoms with E-state index in [0.29, 0.717) is 11.1 Å². The average Bonchev–Trinajstić information content (AvgIpc) is 3.16. The second-order valence-corrected chi connectivity index (χ2v) is 15.3. The number of ketones is 2. The van der Waals surface area contributed by atoms with E-state index in [0.717, 1.165) is 33.8 Å².